The number of hydrogen-bond acceptors (Lipinski definition) is 4. The Morgan fingerprint density at radius 1 is 1.22 bits per heavy atom. The maximum Gasteiger partial charge on any atom is 0.310 e. The number of benzene rings is 1. The maximum atomic E-state index is 12.4. The summed E-state index contributed by atoms with van der Waals surface area (Å²) < 4.78 is 5.10. The molecule has 0 fully saturated rings. The molecule has 1 aromatic carbocycles. The van der Waals surface area contributed by atoms with E-state index in [1.165, 1.54) is 0 Å². The van der Waals surface area contributed by atoms with E-state index in [9.17, 15) is 9.59 Å². The molecule has 0 aliphatic rings. The first kappa shape index (κ1) is 16.7. The van der Waals surface area contributed by atoms with E-state index < -0.39 is 17.8 Å². The number of amides is 1. The summed E-state index contributed by atoms with van der Waals surface area (Å²) in [7, 11) is 0. The lowest BCUT2D eigenvalue weighted by molar-refractivity contribution is -0.138. The SMILES string of the molecule is Cc1noc(C)c1C(C)C(=O)Nc1cccc(C(C)C(=O)O)c1. The molecule has 122 valence electrons. The van der Waals surface area contributed by atoms with Gasteiger partial charge in [0.15, 0.2) is 0 Å². The first-order valence-corrected chi connectivity index (χ1v) is 7.37. The molecular formula is C17H20N2O4. The highest BCUT2D eigenvalue weighted by Gasteiger charge is 2.23. The average Bonchev–Trinajstić information content (AvgIpc) is 2.84. The monoisotopic (exact) mass is 316 g/mol. The van der Waals surface area contributed by atoms with Crippen LogP contribution in [-0.2, 0) is 9.59 Å². The van der Waals surface area contributed by atoms with Crippen LogP contribution in [0.4, 0.5) is 5.69 Å². The zero-order chi connectivity index (χ0) is 17.1. The number of nitrogens with one attached hydrogen (secondary N) is 1. The van der Waals surface area contributed by atoms with Gasteiger partial charge >= 0.3 is 5.97 Å². The number of carboxylic acids is 1. The third-order valence-electron chi connectivity index (χ3n) is 3.94. The summed E-state index contributed by atoms with van der Waals surface area (Å²) in [6.45, 7) is 6.96. The lowest BCUT2D eigenvalue weighted by Crippen LogP contribution is -2.20. The summed E-state index contributed by atoms with van der Waals surface area (Å²) >= 11 is 0. The van der Waals surface area contributed by atoms with Crippen molar-refractivity contribution in [2.75, 3.05) is 5.32 Å². The van der Waals surface area contributed by atoms with Gasteiger partial charge in [-0.15, -0.1) is 0 Å². The quantitative estimate of drug-likeness (QED) is 0.883. The summed E-state index contributed by atoms with van der Waals surface area (Å²) in [5.41, 5.74) is 2.68. The molecule has 0 bridgehead atoms. The number of aliphatic carboxylic acids is 1. The van der Waals surface area contributed by atoms with Gasteiger partial charge in [0.1, 0.15) is 5.76 Å². The highest BCUT2D eigenvalue weighted by molar-refractivity contribution is 5.96. The summed E-state index contributed by atoms with van der Waals surface area (Å²) in [4.78, 5) is 23.5. The highest BCUT2D eigenvalue weighted by Crippen LogP contribution is 2.25. The van der Waals surface area contributed by atoms with Crippen molar-refractivity contribution in [2.45, 2.75) is 39.5 Å². The molecule has 2 rings (SSSR count). The standard InChI is InChI=1S/C17H20N2O4/c1-9(17(21)22)13-6-5-7-14(8-13)18-16(20)10(2)15-11(3)19-23-12(15)4/h5-10H,1-4H3,(H,18,20)(H,21,22). The molecule has 1 heterocycles. The van der Waals surface area contributed by atoms with E-state index in [0.717, 1.165) is 5.56 Å². The zero-order valence-corrected chi connectivity index (χ0v) is 13.6. The van der Waals surface area contributed by atoms with Crippen molar-refractivity contribution in [1.82, 2.24) is 5.16 Å². The normalized spacial score (nSPS) is 13.4. The van der Waals surface area contributed by atoms with E-state index in [2.05, 4.69) is 10.5 Å². The fourth-order valence-corrected chi connectivity index (χ4v) is 2.52. The van der Waals surface area contributed by atoms with E-state index in [0.29, 0.717) is 22.7 Å². The van der Waals surface area contributed by atoms with Crippen LogP contribution in [0, 0.1) is 13.8 Å². The number of carboxylic acid groups (broad SMARTS) is 1. The summed E-state index contributed by atoms with van der Waals surface area (Å²) in [5, 5.41) is 15.8. The molecule has 2 aromatic rings. The van der Waals surface area contributed by atoms with Crippen LogP contribution < -0.4 is 5.32 Å². The molecule has 2 unspecified atom stereocenters. The summed E-state index contributed by atoms with van der Waals surface area (Å²) in [6, 6.07) is 6.86. The van der Waals surface area contributed by atoms with Crippen molar-refractivity contribution < 1.29 is 19.2 Å². The molecule has 0 saturated carbocycles. The highest BCUT2D eigenvalue weighted by atomic mass is 16.5. The average molecular weight is 316 g/mol. The molecule has 6 nitrogen and oxygen atoms in total. The van der Waals surface area contributed by atoms with Crippen LogP contribution >= 0.6 is 0 Å². The van der Waals surface area contributed by atoms with Crippen molar-refractivity contribution in [1.29, 1.82) is 0 Å². The fraction of sp³-hybridized carbons (Fsp3) is 0.353. The minimum Gasteiger partial charge on any atom is -0.481 e. The number of nitrogens with zero attached hydrogens (tertiary/aromatic N) is 1. The van der Waals surface area contributed by atoms with Gasteiger partial charge in [-0.05, 0) is 45.4 Å². The lowest BCUT2D eigenvalue weighted by atomic mass is 9.98. The number of anilines is 1. The molecule has 0 aliphatic heterocycles. The molecule has 0 aliphatic carbocycles. The third kappa shape index (κ3) is 3.59. The van der Waals surface area contributed by atoms with Gasteiger partial charge in [-0.3, -0.25) is 9.59 Å². The Bertz CT molecular complexity index is 716. The van der Waals surface area contributed by atoms with Crippen LogP contribution in [0.25, 0.3) is 0 Å². The van der Waals surface area contributed by atoms with Gasteiger partial charge < -0.3 is 14.9 Å². The van der Waals surface area contributed by atoms with Crippen LogP contribution in [0.3, 0.4) is 0 Å². The van der Waals surface area contributed by atoms with Crippen molar-refractivity contribution in [3.05, 3.63) is 46.8 Å². The molecule has 1 aromatic heterocycles. The molecule has 0 radical (unpaired) electrons. The predicted octanol–water partition coefficient (Wildman–Crippen LogP) is 3.22. The van der Waals surface area contributed by atoms with E-state index in [1.807, 2.05) is 0 Å². The first-order chi connectivity index (χ1) is 10.8. The van der Waals surface area contributed by atoms with E-state index in [1.54, 1.807) is 52.0 Å². The number of carbonyl (C=O) groups excluding carboxylic acids is 1. The third-order valence-corrected chi connectivity index (χ3v) is 3.94. The molecule has 1 amide bonds. The van der Waals surface area contributed by atoms with Gasteiger partial charge in [-0.1, -0.05) is 17.3 Å². The number of rotatable bonds is 5. The van der Waals surface area contributed by atoms with Crippen molar-refractivity contribution in [2.24, 2.45) is 0 Å². The van der Waals surface area contributed by atoms with Crippen molar-refractivity contribution >= 4 is 17.6 Å². The summed E-state index contributed by atoms with van der Waals surface area (Å²) in [6.07, 6.45) is 0. The maximum absolute atomic E-state index is 12.4. The number of carbonyl (C=O) groups is 2. The van der Waals surface area contributed by atoms with Gasteiger partial charge in [-0.25, -0.2) is 0 Å². The molecule has 2 N–H and O–H groups in total. The number of aryl methyl sites for hydroxylation is 2. The minimum absolute atomic E-state index is 0.195. The molecule has 0 saturated heterocycles. The predicted molar refractivity (Wildman–Crippen MR) is 85.5 cm³/mol. The van der Waals surface area contributed by atoms with Gasteiger partial charge in [0.05, 0.1) is 17.5 Å². The van der Waals surface area contributed by atoms with Gasteiger partial charge in [0.25, 0.3) is 0 Å². The topological polar surface area (TPSA) is 92.4 Å². The zero-order valence-electron chi connectivity index (χ0n) is 13.6. The van der Waals surface area contributed by atoms with Gasteiger partial charge in [0.2, 0.25) is 5.91 Å². The smallest absolute Gasteiger partial charge is 0.310 e. The second-order valence-electron chi connectivity index (χ2n) is 5.63. The van der Waals surface area contributed by atoms with E-state index >= 15 is 0 Å². The van der Waals surface area contributed by atoms with Crippen molar-refractivity contribution in [3.63, 3.8) is 0 Å². The molecule has 0 spiro atoms. The van der Waals surface area contributed by atoms with Crippen molar-refractivity contribution in [3.8, 4) is 0 Å². The first-order valence-electron chi connectivity index (χ1n) is 7.37. The Hall–Kier alpha value is -2.63. The van der Waals surface area contributed by atoms with E-state index in [-0.39, 0.29) is 5.91 Å². The van der Waals surface area contributed by atoms with Crippen LogP contribution in [0.2, 0.25) is 0 Å². The Labute approximate surface area is 134 Å². The largest absolute Gasteiger partial charge is 0.481 e. The van der Waals surface area contributed by atoms with Gasteiger partial charge in [0, 0.05) is 11.3 Å². The Kier molecular flexibility index (Phi) is 4.83. The second-order valence-corrected chi connectivity index (χ2v) is 5.63. The molecule has 6 heteroatoms. The van der Waals surface area contributed by atoms with Crippen LogP contribution in [0.1, 0.15) is 48.3 Å². The van der Waals surface area contributed by atoms with Crippen LogP contribution in [-0.4, -0.2) is 22.1 Å². The molecular weight excluding hydrogens is 296 g/mol. The number of aromatic nitrogens is 1. The molecule has 23 heavy (non-hydrogen) atoms. The lowest BCUT2D eigenvalue weighted by Gasteiger charge is -2.14. The molecule has 2 atom stereocenters. The van der Waals surface area contributed by atoms with Crippen LogP contribution in [0.5, 0.6) is 0 Å². The second kappa shape index (κ2) is 6.64. The minimum atomic E-state index is -0.905. The van der Waals surface area contributed by atoms with Crippen LogP contribution in [0.15, 0.2) is 28.8 Å². The Balaban J connectivity index is 2.17. The fourth-order valence-electron chi connectivity index (χ4n) is 2.52. The number of hydrogen-bond donors (Lipinski definition) is 2. The Morgan fingerprint density at radius 2 is 1.91 bits per heavy atom. The van der Waals surface area contributed by atoms with E-state index in [4.69, 9.17) is 9.63 Å². The summed E-state index contributed by atoms with van der Waals surface area (Å²) in [5.74, 6) is -1.52. The Morgan fingerprint density at radius 3 is 2.48 bits per heavy atom. The van der Waals surface area contributed by atoms with Gasteiger partial charge in [-0.2, -0.15) is 0 Å².